The van der Waals surface area contributed by atoms with E-state index in [-0.39, 0.29) is 6.04 Å². The Morgan fingerprint density at radius 3 is 2.95 bits per heavy atom. The second kappa shape index (κ2) is 7.21. The minimum Gasteiger partial charge on any atom is -0.377 e. The van der Waals surface area contributed by atoms with E-state index in [0.717, 1.165) is 26.2 Å². The van der Waals surface area contributed by atoms with E-state index < -0.39 is 0 Å². The first-order valence-electron chi connectivity index (χ1n) is 7.76. The molecule has 0 aromatic heterocycles. The number of hydrogen-bond donors (Lipinski definition) is 1. The maximum absolute atomic E-state index is 6.43. The largest absolute Gasteiger partial charge is 0.377 e. The van der Waals surface area contributed by atoms with E-state index in [0.29, 0.717) is 6.10 Å². The van der Waals surface area contributed by atoms with Gasteiger partial charge in [0.25, 0.3) is 0 Å². The second-order valence-corrected chi connectivity index (χ2v) is 5.95. The number of ether oxygens (including phenoxy) is 1. The van der Waals surface area contributed by atoms with Crippen molar-refractivity contribution in [3.05, 3.63) is 34.9 Å². The number of nitrogens with zero attached hydrogens (tertiary/aromatic N) is 1. The van der Waals surface area contributed by atoms with Crippen molar-refractivity contribution in [2.75, 3.05) is 26.2 Å². The molecular weight excluding hydrogens is 248 g/mol. The van der Waals surface area contributed by atoms with Crippen LogP contribution in [0.25, 0.3) is 0 Å². The Balaban J connectivity index is 1.96. The van der Waals surface area contributed by atoms with Crippen LogP contribution in [0, 0.1) is 13.8 Å². The van der Waals surface area contributed by atoms with Crippen LogP contribution in [0.1, 0.15) is 42.5 Å². The van der Waals surface area contributed by atoms with Crippen molar-refractivity contribution in [1.29, 1.82) is 0 Å². The Kier molecular flexibility index (Phi) is 5.58. The van der Waals surface area contributed by atoms with Crippen molar-refractivity contribution >= 4 is 0 Å². The lowest BCUT2D eigenvalue weighted by molar-refractivity contribution is 0.00448. The first-order valence-corrected chi connectivity index (χ1v) is 7.76. The van der Waals surface area contributed by atoms with Gasteiger partial charge in [-0.25, -0.2) is 0 Å². The van der Waals surface area contributed by atoms with Crippen molar-refractivity contribution in [2.24, 2.45) is 5.73 Å². The van der Waals surface area contributed by atoms with Gasteiger partial charge in [0.05, 0.1) is 6.10 Å². The zero-order valence-electron chi connectivity index (χ0n) is 13.1. The van der Waals surface area contributed by atoms with Crippen molar-refractivity contribution in [1.82, 2.24) is 4.90 Å². The molecule has 1 heterocycles. The van der Waals surface area contributed by atoms with E-state index in [1.165, 1.54) is 29.5 Å². The van der Waals surface area contributed by atoms with Gasteiger partial charge < -0.3 is 10.5 Å². The number of piperidine rings is 1. The molecule has 0 spiro atoms. The summed E-state index contributed by atoms with van der Waals surface area (Å²) in [7, 11) is 0. The molecule has 20 heavy (non-hydrogen) atoms. The van der Waals surface area contributed by atoms with Crippen molar-refractivity contribution in [3.8, 4) is 0 Å². The number of hydrogen-bond acceptors (Lipinski definition) is 3. The molecule has 1 aromatic carbocycles. The van der Waals surface area contributed by atoms with Crippen LogP contribution in [0.3, 0.4) is 0 Å². The van der Waals surface area contributed by atoms with E-state index in [1.54, 1.807) is 0 Å². The van der Waals surface area contributed by atoms with Crippen LogP contribution in [0.2, 0.25) is 0 Å². The van der Waals surface area contributed by atoms with E-state index in [9.17, 15) is 0 Å². The van der Waals surface area contributed by atoms with Gasteiger partial charge in [0.1, 0.15) is 0 Å². The minimum atomic E-state index is 0.0928. The lowest BCUT2D eigenvalue weighted by atomic mass is 9.98. The Morgan fingerprint density at radius 1 is 1.40 bits per heavy atom. The van der Waals surface area contributed by atoms with E-state index >= 15 is 0 Å². The highest BCUT2D eigenvalue weighted by Gasteiger charge is 2.22. The molecule has 3 nitrogen and oxygen atoms in total. The Bertz CT molecular complexity index is 431. The smallest absolute Gasteiger partial charge is 0.0702 e. The van der Waals surface area contributed by atoms with Gasteiger partial charge >= 0.3 is 0 Å². The molecule has 3 heteroatoms. The topological polar surface area (TPSA) is 38.5 Å². The molecular formula is C17H28N2O. The monoisotopic (exact) mass is 276 g/mol. The van der Waals surface area contributed by atoms with Crippen LogP contribution >= 0.6 is 0 Å². The van der Waals surface area contributed by atoms with Crippen LogP contribution in [0.4, 0.5) is 0 Å². The number of benzene rings is 1. The summed E-state index contributed by atoms with van der Waals surface area (Å²) < 4.78 is 5.76. The van der Waals surface area contributed by atoms with Crippen LogP contribution in [0.5, 0.6) is 0 Å². The van der Waals surface area contributed by atoms with Crippen LogP contribution in [-0.4, -0.2) is 37.2 Å². The fourth-order valence-corrected chi connectivity index (χ4v) is 3.09. The Hall–Kier alpha value is -0.900. The molecule has 112 valence electrons. The van der Waals surface area contributed by atoms with Gasteiger partial charge in [0.2, 0.25) is 0 Å². The van der Waals surface area contributed by atoms with Crippen LogP contribution < -0.4 is 5.73 Å². The van der Waals surface area contributed by atoms with Crippen LogP contribution in [-0.2, 0) is 4.74 Å². The predicted molar refractivity (Wildman–Crippen MR) is 83.9 cm³/mol. The lowest BCUT2D eigenvalue weighted by Gasteiger charge is -2.34. The van der Waals surface area contributed by atoms with Crippen molar-refractivity contribution < 1.29 is 4.74 Å². The summed E-state index contributed by atoms with van der Waals surface area (Å²) in [6.07, 6.45) is 2.78. The third-order valence-corrected chi connectivity index (χ3v) is 4.15. The maximum Gasteiger partial charge on any atom is 0.0702 e. The second-order valence-electron chi connectivity index (χ2n) is 5.95. The normalized spacial score (nSPS) is 21.9. The maximum atomic E-state index is 6.43. The molecule has 1 saturated heterocycles. The summed E-state index contributed by atoms with van der Waals surface area (Å²) in [4.78, 5) is 2.45. The van der Waals surface area contributed by atoms with Gasteiger partial charge in [-0.1, -0.05) is 23.8 Å². The Labute approximate surface area is 123 Å². The summed E-state index contributed by atoms with van der Waals surface area (Å²) in [6, 6.07) is 6.64. The number of likely N-dealkylation sites (tertiary alicyclic amines) is 1. The summed E-state index contributed by atoms with van der Waals surface area (Å²) >= 11 is 0. The Morgan fingerprint density at radius 2 is 2.20 bits per heavy atom. The van der Waals surface area contributed by atoms with Crippen molar-refractivity contribution in [2.45, 2.75) is 45.8 Å². The molecule has 0 saturated carbocycles. The molecule has 0 amide bonds. The molecule has 2 unspecified atom stereocenters. The minimum absolute atomic E-state index is 0.0928. The van der Waals surface area contributed by atoms with Gasteiger partial charge in [-0.15, -0.1) is 0 Å². The first-order chi connectivity index (χ1) is 9.60. The zero-order chi connectivity index (χ0) is 14.5. The summed E-state index contributed by atoms with van der Waals surface area (Å²) in [5.74, 6) is 0. The van der Waals surface area contributed by atoms with Gasteiger partial charge in [-0.2, -0.15) is 0 Å². The average Bonchev–Trinajstić information content (AvgIpc) is 2.42. The summed E-state index contributed by atoms with van der Waals surface area (Å²) in [5, 5.41) is 0. The molecule has 0 aliphatic carbocycles. The van der Waals surface area contributed by atoms with Crippen LogP contribution in [0.15, 0.2) is 18.2 Å². The van der Waals surface area contributed by atoms with Gasteiger partial charge in [-0.05, 0) is 51.3 Å². The summed E-state index contributed by atoms with van der Waals surface area (Å²) in [6.45, 7) is 10.2. The van der Waals surface area contributed by atoms with Crippen molar-refractivity contribution in [3.63, 3.8) is 0 Å². The molecule has 1 aromatic rings. The fraction of sp³-hybridized carbons (Fsp3) is 0.647. The fourth-order valence-electron chi connectivity index (χ4n) is 3.09. The lowest BCUT2D eigenvalue weighted by Crippen LogP contribution is -2.43. The SMILES string of the molecule is CCOC1CCCN(CC(N)c2cc(C)ccc2C)C1. The first kappa shape index (κ1) is 15.5. The third kappa shape index (κ3) is 4.05. The van der Waals surface area contributed by atoms with E-state index in [1.807, 2.05) is 0 Å². The molecule has 2 N–H and O–H groups in total. The highest BCUT2D eigenvalue weighted by atomic mass is 16.5. The quantitative estimate of drug-likeness (QED) is 0.898. The van der Waals surface area contributed by atoms with E-state index in [2.05, 4.69) is 43.9 Å². The molecule has 0 radical (unpaired) electrons. The molecule has 2 atom stereocenters. The van der Waals surface area contributed by atoms with Gasteiger partial charge in [-0.3, -0.25) is 4.90 Å². The number of rotatable bonds is 5. The standard InChI is InChI=1S/C17H28N2O/c1-4-20-15-6-5-9-19(11-15)12-17(18)16-10-13(2)7-8-14(16)3/h7-8,10,15,17H,4-6,9,11-12,18H2,1-3H3. The molecule has 1 aliphatic heterocycles. The molecule has 2 rings (SSSR count). The molecule has 0 bridgehead atoms. The average molecular weight is 276 g/mol. The molecule has 1 aliphatic rings. The number of nitrogens with two attached hydrogens (primary N) is 1. The van der Waals surface area contributed by atoms with E-state index in [4.69, 9.17) is 10.5 Å². The highest BCUT2D eigenvalue weighted by molar-refractivity contribution is 5.33. The van der Waals surface area contributed by atoms with Gasteiger partial charge in [0, 0.05) is 25.7 Å². The highest BCUT2D eigenvalue weighted by Crippen LogP contribution is 2.21. The zero-order valence-corrected chi connectivity index (χ0v) is 13.1. The third-order valence-electron chi connectivity index (χ3n) is 4.15. The predicted octanol–water partition coefficient (Wildman–Crippen LogP) is 2.80. The summed E-state index contributed by atoms with van der Waals surface area (Å²) in [5.41, 5.74) is 10.3. The number of aryl methyl sites for hydroxylation is 2. The van der Waals surface area contributed by atoms with Gasteiger partial charge in [0.15, 0.2) is 0 Å². The molecule has 1 fully saturated rings.